The number of rotatable bonds is 6. The molecule has 0 aliphatic carbocycles. The van der Waals surface area contributed by atoms with Gasteiger partial charge in [-0.25, -0.2) is 0 Å². The Balaban J connectivity index is 2.10. The summed E-state index contributed by atoms with van der Waals surface area (Å²) in [6.45, 7) is 2.19. The number of ether oxygens (including phenoxy) is 1. The van der Waals surface area contributed by atoms with Crippen LogP contribution in [0.15, 0.2) is 47.6 Å². The number of nitrogens with zero attached hydrogens (tertiary/aromatic N) is 1. The van der Waals surface area contributed by atoms with Crippen LogP contribution in [0, 0.1) is 0 Å². The van der Waals surface area contributed by atoms with E-state index in [-0.39, 0.29) is 0 Å². The second-order valence-electron chi connectivity index (χ2n) is 5.87. The van der Waals surface area contributed by atoms with Crippen molar-refractivity contribution in [3.63, 3.8) is 0 Å². The molecule has 0 aliphatic heterocycles. The van der Waals surface area contributed by atoms with Crippen LogP contribution in [0.25, 0.3) is 22.2 Å². The van der Waals surface area contributed by atoms with Crippen molar-refractivity contribution in [2.75, 3.05) is 7.11 Å². The van der Waals surface area contributed by atoms with Gasteiger partial charge in [-0.2, -0.15) is 0 Å². The van der Waals surface area contributed by atoms with Gasteiger partial charge in [0.25, 0.3) is 0 Å². The van der Waals surface area contributed by atoms with Gasteiger partial charge in [-0.15, -0.1) is 0 Å². The number of H-pyrrole nitrogens is 1. The van der Waals surface area contributed by atoms with Crippen LogP contribution in [0.1, 0.15) is 30.9 Å². The fraction of sp³-hybridized carbons (Fsp3) is 0.250. The summed E-state index contributed by atoms with van der Waals surface area (Å²) < 4.78 is 5.22. The molecule has 0 atom stereocenters. The van der Waals surface area contributed by atoms with E-state index in [1.807, 2.05) is 24.3 Å². The van der Waals surface area contributed by atoms with Crippen molar-refractivity contribution < 1.29 is 9.94 Å². The molecule has 0 unspecified atom stereocenters. The maximum Gasteiger partial charge on any atom is 0.118 e. The highest BCUT2D eigenvalue weighted by Gasteiger charge is 2.12. The number of fused-ring (bicyclic) bond motifs is 1. The first-order valence-electron chi connectivity index (χ1n) is 8.23. The lowest BCUT2D eigenvalue weighted by Gasteiger charge is -2.03. The molecule has 3 aromatic rings. The lowest BCUT2D eigenvalue weighted by atomic mass is 10.0. The molecule has 0 saturated heterocycles. The van der Waals surface area contributed by atoms with E-state index in [0.717, 1.165) is 39.9 Å². The fourth-order valence-corrected chi connectivity index (χ4v) is 2.97. The van der Waals surface area contributed by atoms with Crippen LogP contribution in [0.4, 0.5) is 0 Å². The molecule has 24 heavy (non-hydrogen) atoms. The number of benzene rings is 2. The van der Waals surface area contributed by atoms with Crippen molar-refractivity contribution in [1.29, 1.82) is 0 Å². The average molecular weight is 322 g/mol. The monoisotopic (exact) mass is 322 g/mol. The van der Waals surface area contributed by atoms with Crippen molar-refractivity contribution in [1.82, 2.24) is 4.98 Å². The molecule has 0 radical (unpaired) electrons. The number of methoxy groups -OCH3 is 1. The normalized spacial score (nSPS) is 11.4. The van der Waals surface area contributed by atoms with E-state index in [4.69, 9.17) is 9.94 Å². The maximum absolute atomic E-state index is 9.10. The van der Waals surface area contributed by atoms with Crippen LogP contribution < -0.4 is 4.74 Å². The highest BCUT2D eigenvalue weighted by molar-refractivity contribution is 6.06. The van der Waals surface area contributed by atoms with Gasteiger partial charge in [0, 0.05) is 16.5 Å². The smallest absolute Gasteiger partial charge is 0.118 e. The summed E-state index contributed by atoms with van der Waals surface area (Å²) in [5.74, 6) is 0.814. The van der Waals surface area contributed by atoms with Crippen molar-refractivity contribution in [3.05, 3.63) is 53.6 Å². The predicted octanol–water partition coefficient (Wildman–Crippen LogP) is 4.99. The number of nitrogens with one attached hydrogen (secondary N) is 1. The van der Waals surface area contributed by atoms with Crippen LogP contribution >= 0.6 is 0 Å². The van der Waals surface area contributed by atoms with Gasteiger partial charge in [-0.3, -0.25) is 0 Å². The van der Waals surface area contributed by atoms with Crippen LogP contribution in [0.3, 0.4) is 0 Å². The van der Waals surface area contributed by atoms with Crippen molar-refractivity contribution >= 4 is 17.1 Å². The third kappa shape index (κ3) is 3.13. The van der Waals surface area contributed by atoms with Gasteiger partial charge in [0.1, 0.15) is 5.75 Å². The zero-order valence-electron chi connectivity index (χ0n) is 14.0. The molecule has 124 valence electrons. The minimum Gasteiger partial charge on any atom is -0.497 e. The number of aryl methyl sites for hydroxylation is 1. The summed E-state index contributed by atoms with van der Waals surface area (Å²) in [6.07, 6.45) is 4.91. The summed E-state index contributed by atoms with van der Waals surface area (Å²) in [6, 6.07) is 14.3. The molecule has 0 amide bonds. The van der Waals surface area contributed by atoms with E-state index in [1.54, 1.807) is 7.11 Å². The minimum absolute atomic E-state index is 0.814. The molecule has 0 saturated carbocycles. The van der Waals surface area contributed by atoms with E-state index in [2.05, 4.69) is 35.3 Å². The van der Waals surface area contributed by atoms with Crippen molar-refractivity contribution in [2.24, 2.45) is 5.16 Å². The molecule has 0 fully saturated rings. The van der Waals surface area contributed by atoms with Crippen molar-refractivity contribution in [2.45, 2.75) is 26.2 Å². The van der Waals surface area contributed by atoms with Gasteiger partial charge in [0.2, 0.25) is 0 Å². The number of unbranched alkanes of at least 4 members (excludes halogenated alkanes) is 1. The van der Waals surface area contributed by atoms with E-state index >= 15 is 0 Å². The molecule has 4 nitrogen and oxygen atoms in total. The first-order chi connectivity index (χ1) is 11.8. The van der Waals surface area contributed by atoms with Crippen LogP contribution in [-0.4, -0.2) is 23.5 Å². The van der Waals surface area contributed by atoms with Gasteiger partial charge in [0.15, 0.2) is 0 Å². The fourth-order valence-electron chi connectivity index (χ4n) is 2.97. The lowest BCUT2D eigenvalue weighted by molar-refractivity contribution is 0.322. The van der Waals surface area contributed by atoms with E-state index in [0.29, 0.717) is 0 Å². The van der Waals surface area contributed by atoms with E-state index < -0.39 is 0 Å². The Kier molecular flexibility index (Phi) is 4.85. The van der Waals surface area contributed by atoms with Crippen LogP contribution in [-0.2, 0) is 6.42 Å². The quantitative estimate of drug-likeness (QED) is 0.381. The Morgan fingerprint density at radius 3 is 2.62 bits per heavy atom. The standard InChI is InChI=1S/C20H22N2O2/c1-3-4-5-14-6-11-19-17(12-14)18(13-21-23)20(22-19)15-7-9-16(24-2)10-8-15/h6-13,22-23H,3-5H2,1-2H3/b21-13+. The van der Waals surface area contributed by atoms with Crippen molar-refractivity contribution in [3.8, 4) is 17.0 Å². The number of aromatic amines is 1. The Hall–Kier alpha value is -2.75. The Morgan fingerprint density at radius 2 is 1.96 bits per heavy atom. The van der Waals surface area contributed by atoms with Gasteiger partial charge < -0.3 is 14.9 Å². The first-order valence-corrected chi connectivity index (χ1v) is 8.23. The zero-order chi connectivity index (χ0) is 16.9. The van der Waals surface area contributed by atoms with Gasteiger partial charge in [-0.05, 0) is 60.4 Å². The number of oxime groups is 1. The van der Waals surface area contributed by atoms with E-state index in [9.17, 15) is 0 Å². The van der Waals surface area contributed by atoms with E-state index in [1.165, 1.54) is 24.6 Å². The lowest BCUT2D eigenvalue weighted by Crippen LogP contribution is -1.88. The molecule has 1 heterocycles. The average Bonchev–Trinajstić information content (AvgIpc) is 2.98. The topological polar surface area (TPSA) is 57.6 Å². The molecule has 2 N–H and O–H groups in total. The molecule has 0 bridgehead atoms. The predicted molar refractivity (Wildman–Crippen MR) is 98.3 cm³/mol. The summed E-state index contributed by atoms with van der Waals surface area (Å²) in [5.41, 5.74) is 5.21. The Morgan fingerprint density at radius 1 is 1.17 bits per heavy atom. The number of hydrogen-bond acceptors (Lipinski definition) is 3. The number of aromatic nitrogens is 1. The highest BCUT2D eigenvalue weighted by Crippen LogP contribution is 2.31. The molecule has 0 spiro atoms. The first kappa shape index (κ1) is 16.1. The molecule has 1 aromatic heterocycles. The number of hydrogen-bond donors (Lipinski definition) is 2. The summed E-state index contributed by atoms with van der Waals surface area (Å²) in [4.78, 5) is 3.44. The highest BCUT2D eigenvalue weighted by atomic mass is 16.5. The maximum atomic E-state index is 9.10. The molecule has 3 rings (SSSR count). The summed E-state index contributed by atoms with van der Waals surface area (Å²) in [5, 5.41) is 13.4. The molecular weight excluding hydrogens is 300 g/mol. The third-order valence-electron chi connectivity index (χ3n) is 4.29. The molecule has 4 heteroatoms. The second-order valence-corrected chi connectivity index (χ2v) is 5.87. The van der Waals surface area contributed by atoms with Gasteiger partial charge >= 0.3 is 0 Å². The van der Waals surface area contributed by atoms with Gasteiger partial charge in [-0.1, -0.05) is 24.6 Å². The second kappa shape index (κ2) is 7.21. The van der Waals surface area contributed by atoms with Crippen LogP contribution in [0.2, 0.25) is 0 Å². The van der Waals surface area contributed by atoms with Crippen LogP contribution in [0.5, 0.6) is 5.75 Å². The Labute approximate surface area is 141 Å². The SMILES string of the molecule is CCCCc1ccc2[nH]c(-c3ccc(OC)cc3)c(/C=N/O)c2c1. The molecular formula is C20H22N2O2. The minimum atomic E-state index is 0.814. The zero-order valence-corrected chi connectivity index (χ0v) is 14.0. The largest absolute Gasteiger partial charge is 0.497 e. The summed E-state index contributed by atoms with van der Waals surface area (Å²) >= 11 is 0. The molecule has 0 aliphatic rings. The molecule has 2 aromatic carbocycles. The van der Waals surface area contributed by atoms with Gasteiger partial charge in [0.05, 0.1) is 19.0 Å². The summed E-state index contributed by atoms with van der Waals surface area (Å²) in [7, 11) is 1.65. The third-order valence-corrected chi connectivity index (χ3v) is 4.29. The Bertz CT molecular complexity index is 848.